The van der Waals surface area contributed by atoms with Gasteiger partial charge in [-0.2, -0.15) is 0 Å². The average molecular weight is 1480 g/mol. The Hall–Kier alpha value is -3.76. The van der Waals surface area contributed by atoms with E-state index in [2.05, 4.69) is 113 Å². The molecule has 0 aromatic carbocycles. The lowest BCUT2D eigenvalue weighted by atomic mass is 10.0. The molecule has 0 amide bonds. The van der Waals surface area contributed by atoms with Crippen molar-refractivity contribution >= 4 is 39.5 Å². The first-order valence-corrected chi connectivity index (χ1v) is 43.8. The molecular weight excluding hydrogens is 1330 g/mol. The van der Waals surface area contributed by atoms with Crippen LogP contribution in [0.2, 0.25) is 0 Å². The maximum atomic E-state index is 13.1. The number of carbonyl (C=O) groups excluding carboxylic acids is 4. The Morgan fingerprint density at radius 1 is 0.284 bits per heavy atom. The minimum Gasteiger partial charge on any atom is -0.462 e. The minimum atomic E-state index is -4.98. The average Bonchev–Trinajstić information content (AvgIpc) is 0.908. The van der Waals surface area contributed by atoms with Gasteiger partial charge in [-0.3, -0.25) is 37.3 Å². The molecule has 0 bridgehead atoms. The number of esters is 4. The van der Waals surface area contributed by atoms with Gasteiger partial charge in [-0.05, 0) is 116 Å². The molecule has 0 rings (SSSR count). The summed E-state index contributed by atoms with van der Waals surface area (Å²) in [5.74, 6) is -2.18. The fourth-order valence-corrected chi connectivity index (χ4v) is 12.8. The summed E-state index contributed by atoms with van der Waals surface area (Å²) in [5.41, 5.74) is 0. The summed E-state index contributed by atoms with van der Waals surface area (Å²) in [7, 11) is -9.95. The van der Waals surface area contributed by atoms with Gasteiger partial charge in [0.2, 0.25) is 0 Å². The summed E-state index contributed by atoms with van der Waals surface area (Å²) >= 11 is 0. The van der Waals surface area contributed by atoms with Crippen molar-refractivity contribution < 1.29 is 80.2 Å². The molecule has 0 aromatic heterocycles. The highest BCUT2D eigenvalue weighted by atomic mass is 31.2. The van der Waals surface area contributed by atoms with Crippen LogP contribution in [0.4, 0.5) is 0 Å². The highest BCUT2D eigenvalue weighted by Gasteiger charge is 2.30. The summed E-state index contributed by atoms with van der Waals surface area (Å²) in [6, 6.07) is 0. The molecule has 102 heavy (non-hydrogen) atoms. The molecule has 0 spiro atoms. The van der Waals surface area contributed by atoms with Crippen molar-refractivity contribution in [2.45, 2.75) is 380 Å². The van der Waals surface area contributed by atoms with E-state index in [0.29, 0.717) is 25.7 Å². The number of phosphoric ester groups is 2. The molecule has 19 heteroatoms. The van der Waals surface area contributed by atoms with Crippen molar-refractivity contribution in [1.82, 2.24) is 0 Å². The summed E-state index contributed by atoms with van der Waals surface area (Å²) in [6.45, 7) is 4.68. The molecule has 0 fully saturated rings. The number of aliphatic hydroxyl groups excluding tert-OH is 1. The normalized spacial score (nSPS) is 14.3. The third-order valence-electron chi connectivity index (χ3n) is 17.4. The van der Waals surface area contributed by atoms with Gasteiger partial charge in [0.25, 0.3) is 0 Å². The number of hydrogen-bond donors (Lipinski definition) is 3. The topological polar surface area (TPSA) is 237 Å². The summed E-state index contributed by atoms with van der Waals surface area (Å²) in [5, 5.41) is 10.6. The molecule has 17 nitrogen and oxygen atoms in total. The number of phosphoric acid groups is 2. The molecule has 0 aliphatic heterocycles. The largest absolute Gasteiger partial charge is 0.472 e. The van der Waals surface area contributed by atoms with E-state index >= 15 is 0 Å². The van der Waals surface area contributed by atoms with Crippen LogP contribution in [0.25, 0.3) is 0 Å². The van der Waals surface area contributed by atoms with Gasteiger partial charge < -0.3 is 33.8 Å². The zero-order valence-electron chi connectivity index (χ0n) is 64.8. The highest BCUT2D eigenvalue weighted by Crippen LogP contribution is 2.45. The van der Waals surface area contributed by atoms with Gasteiger partial charge in [0, 0.05) is 25.7 Å². The molecule has 3 N–H and O–H groups in total. The number of carbonyl (C=O) groups is 4. The molecule has 0 heterocycles. The molecular formula is C83H148O17P2. The van der Waals surface area contributed by atoms with Gasteiger partial charge in [-0.25, -0.2) is 9.13 Å². The Labute approximate surface area is 621 Å². The van der Waals surface area contributed by atoms with Crippen LogP contribution >= 0.6 is 15.6 Å². The van der Waals surface area contributed by atoms with Gasteiger partial charge in [0.15, 0.2) is 12.2 Å². The number of rotatable bonds is 77. The van der Waals surface area contributed by atoms with Gasteiger partial charge in [-0.1, -0.05) is 305 Å². The van der Waals surface area contributed by atoms with Gasteiger partial charge in [-0.15, -0.1) is 0 Å². The second-order valence-electron chi connectivity index (χ2n) is 27.3. The molecule has 0 saturated carbocycles. The molecule has 592 valence electrons. The lowest BCUT2D eigenvalue weighted by Crippen LogP contribution is -2.30. The van der Waals surface area contributed by atoms with E-state index in [9.17, 15) is 43.2 Å². The van der Waals surface area contributed by atoms with Crippen LogP contribution in [-0.2, 0) is 65.4 Å². The molecule has 0 aliphatic rings. The van der Waals surface area contributed by atoms with Gasteiger partial charge in [0.05, 0.1) is 26.4 Å². The molecule has 0 aromatic rings. The van der Waals surface area contributed by atoms with Gasteiger partial charge in [0.1, 0.15) is 19.3 Å². The van der Waals surface area contributed by atoms with Crippen LogP contribution in [0, 0.1) is 0 Å². The number of aliphatic hydroxyl groups is 1. The van der Waals surface area contributed by atoms with Crippen molar-refractivity contribution in [3.05, 3.63) is 85.1 Å². The lowest BCUT2D eigenvalue weighted by Gasteiger charge is -2.21. The zero-order valence-corrected chi connectivity index (χ0v) is 66.6. The predicted octanol–water partition coefficient (Wildman–Crippen LogP) is 23.8. The fraction of sp³-hybridized carbons (Fsp3) is 0.783. The van der Waals surface area contributed by atoms with Crippen molar-refractivity contribution in [1.29, 1.82) is 0 Å². The van der Waals surface area contributed by atoms with E-state index in [1.807, 2.05) is 0 Å². The summed E-state index contributed by atoms with van der Waals surface area (Å²) in [4.78, 5) is 73.1. The standard InChI is InChI=1S/C83H148O17P2/c1-5-9-13-17-21-25-29-33-36-38-41-44-47-51-55-59-63-67-80(85)93-73-78(99-82(87)69-65-61-57-53-49-43-32-28-24-20-16-12-8-4)75-97-101(89,90)95-71-77(84)72-96-102(91,92)98-76-79(100-83(88)70-66-62-58-54-50-46-40-35-31-27-23-19-15-11-7-3)74-94-81(86)68-64-60-56-52-48-45-42-39-37-34-30-26-22-18-14-10-6-2/h9-10,13-14,21-22,25-26,28,32-34,36-37,77-79,84H,5-8,11-12,15-20,23-24,27,29-31,35,38-76H2,1-4H3,(H,89,90)(H,91,92)/b13-9-,14-10-,25-21-,26-22-,32-28-,36-33-,37-34-. The Kier molecular flexibility index (Phi) is 72.7. The maximum Gasteiger partial charge on any atom is 0.472 e. The minimum absolute atomic E-state index is 0.0846. The van der Waals surface area contributed by atoms with E-state index < -0.39 is 97.5 Å². The second kappa shape index (κ2) is 75.5. The molecule has 5 unspecified atom stereocenters. The molecule has 5 atom stereocenters. The quantitative estimate of drug-likeness (QED) is 0.0169. The molecule has 0 saturated heterocycles. The van der Waals surface area contributed by atoms with Crippen LogP contribution in [0.3, 0.4) is 0 Å². The zero-order chi connectivity index (χ0) is 74.6. The first kappa shape index (κ1) is 98.2. The second-order valence-corrected chi connectivity index (χ2v) is 30.2. The summed E-state index contributed by atoms with van der Waals surface area (Å²) in [6.07, 6.45) is 78.3. The molecule has 0 radical (unpaired) electrons. The van der Waals surface area contributed by atoms with Crippen LogP contribution in [0.15, 0.2) is 85.1 Å². The van der Waals surface area contributed by atoms with E-state index in [4.69, 9.17) is 37.0 Å². The number of hydrogen-bond acceptors (Lipinski definition) is 15. The monoisotopic (exact) mass is 1480 g/mol. The maximum absolute atomic E-state index is 13.1. The van der Waals surface area contributed by atoms with Crippen LogP contribution in [-0.4, -0.2) is 96.7 Å². The Morgan fingerprint density at radius 3 is 0.804 bits per heavy atom. The van der Waals surface area contributed by atoms with Crippen molar-refractivity contribution in [2.24, 2.45) is 0 Å². The highest BCUT2D eigenvalue weighted by molar-refractivity contribution is 7.47. The van der Waals surface area contributed by atoms with Crippen molar-refractivity contribution in [3.63, 3.8) is 0 Å². The van der Waals surface area contributed by atoms with Crippen molar-refractivity contribution in [3.8, 4) is 0 Å². The Balaban J connectivity index is 5.33. The predicted molar refractivity (Wildman–Crippen MR) is 418 cm³/mol. The first-order chi connectivity index (χ1) is 49.7. The number of ether oxygens (including phenoxy) is 4. The lowest BCUT2D eigenvalue weighted by molar-refractivity contribution is -0.161. The Morgan fingerprint density at radius 2 is 0.510 bits per heavy atom. The Bertz CT molecular complexity index is 2260. The number of allylic oxidation sites excluding steroid dienone is 14. The third kappa shape index (κ3) is 74.5. The van der Waals surface area contributed by atoms with Crippen LogP contribution < -0.4 is 0 Å². The number of unbranched alkanes of at least 4 members (excludes halogenated alkanes) is 37. The van der Waals surface area contributed by atoms with E-state index in [1.54, 1.807) is 0 Å². The van der Waals surface area contributed by atoms with Gasteiger partial charge >= 0.3 is 39.5 Å². The van der Waals surface area contributed by atoms with E-state index in [-0.39, 0.29) is 25.7 Å². The van der Waals surface area contributed by atoms with Crippen LogP contribution in [0.5, 0.6) is 0 Å². The fourth-order valence-electron chi connectivity index (χ4n) is 11.2. The first-order valence-electron chi connectivity index (χ1n) is 40.8. The van der Waals surface area contributed by atoms with Crippen LogP contribution in [0.1, 0.15) is 362 Å². The third-order valence-corrected chi connectivity index (χ3v) is 19.3. The summed E-state index contributed by atoms with van der Waals surface area (Å²) < 4.78 is 68.7. The smallest absolute Gasteiger partial charge is 0.462 e. The van der Waals surface area contributed by atoms with Crippen molar-refractivity contribution in [2.75, 3.05) is 39.6 Å². The SMILES string of the molecule is CC/C=C\C/C=C\C/C=C\CCCCCCCCCC(=O)OCC(COP(=O)(O)OCC(O)COP(=O)(O)OCC(COC(=O)CCCCCCCCC/C=C\C/C=C\C/C=C\CC)OC(=O)CCCCCCCCCCCCCCCCC)OC(=O)CCCCCCC/C=C\CCCCCC. The van der Waals surface area contributed by atoms with E-state index in [1.165, 1.54) is 89.9 Å². The molecule has 0 aliphatic carbocycles. The van der Waals surface area contributed by atoms with E-state index in [0.717, 1.165) is 193 Å².